The molecule has 1 atom stereocenters. The standard InChI is InChI=1S/C24H22N2O4/c1-14-4-3-5-17(10-14)25-23(28)20-13-19-21(26-24(20)29)11-16(12-22(19)27)15-6-8-18(30-2)9-7-15/h3-10,13,16H,11-12H2,1-2H3,(H,25,28)(H,26,29)/t16-/m0/s1. The Morgan fingerprint density at radius 3 is 2.53 bits per heavy atom. The van der Waals surface area contributed by atoms with Crippen molar-refractivity contribution in [3.8, 4) is 5.75 Å². The second-order valence-electron chi connectivity index (χ2n) is 7.53. The number of nitrogens with one attached hydrogen (secondary N) is 2. The van der Waals surface area contributed by atoms with Gasteiger partial charge in [0.25, 0.3) is 11.5 Å². The summed E-state index contributed by atoms with van der Waals surface area (Å²) in [4.78, 5) is 40.8. The molecule has 1 aliphatic carbocycles. The summed E-state index contributed by atoms with van der Waals surface area (Å²) in [7, 11) is 1.60. The van der Waals surface area contributed by atoms with Crippen molar-refractivity contribution >= 4 is 17.4 Å². The van der Waals surface area contributed by atoms with E-state index in [1.165, 1.54) is 6.07 Å². The average molecular weight is 402 g/mol. The third kappa shape index (κ3) is 3.89. The number of fused-ring (bicyclic) bond motifs is 1. The summed E-state index contributed by atoms with van der Waals surface area (Å²) >= 11 is 0. The minimum Gasteiger partial charge on any atom is -0.497 e. The van der Waals surface area contributed by atoms with E-state index in [0.29, 0.717) is 29.8 Å². The van der Waals surface area contributed by atoms with Crippen LogP contribution in [0, 0.1) is 6.92 Å². The summed E-state index contributed by atoms with van der Waals surface area (Å²) in [6.45, 7) is 1.92. The number of amides is 1. The Kier molecular flexibility index (Phi) is 5.23. The van der Waals surface area contributed by atoms with Crippen molar-refractivity contribution < 1.29 is 14.3 Å². The first-order valence-electron chi connectivity index (χ1n) is 9.76. The number of aromatic amines is 1. The summed E-state index contributed by atoms with van der Waals surface area (Å²) in [6, 6.07) is 16.3. The van der Waals surface area contributed by atoms with Gasteiger partial charge in [0.15, 0.2) is 5.78 Å². The molecule has 0 saturated heterocycles. The lowest BCUT2D eigenvalue weighted by Crippen LogP contribution is -2.29. The molecule has 1 aromatic heterocycles. The zero-order chi connectivity index (χ0) is 21.3. The van der Waals surface area contributed by atoms with E-state index in [-0.39, 0.29) is 17.3 Å². The fraction of sp³-hybridized carbons (Fsp3) is 0.208. The first kappa shape index (κ1) is 19.6. The molecule has 0 fully saturated rings. The van der Waals surface area contributed by atoms with Crippen LogP contribution in [0.1, 0.15) is 49.9 Å². The zero-order valence-electron chi connectivity index (χ0n) is 16.8. The molecule has 3 aromatic rings. The van der Waals surface area contributed by atoms with Crippen molar-refractivity contribution in [3.63, 3.8) is 0 Å². The second kappa shape index (κ2) is 7.99. The predicted octanol–water partition coefficient (Wildman–Crippen LogP) is 3.86. The molecule has 1 aliphatic rings. The third-order valence-corrected chi connectivity index (χ3v) is 5.41. The maximum atomic E-state index is 12.8. The first-order valence-corrected chi connectivity index (χ1v) is 9.76. The zero-order valence-corrected chi connectivity index (χ0v) is 16.8. The number of hydrogen-bond donors (Lipinski definition) is 2. The van der Waals surface area contributed by atoms with Gasteiger partial charge in [0.1, 0.15) is 11.3 Å². The molecular weight excluding hydrogens is 380 g/mol. The van der Waals surface area contributed by atoms with Crippen molar-refractivity contribution in [1.29, 1.82) is 0 Å². The first-order chi connectivity index (χ1) is 14.4. The molecule has 30 heavy (non-hydrogen) atoms. The summed E-state index contributed by atoms with van der Waals surface area (Å²) in [5.41, 5.74) is 3.03. The Morgan fingerprint density at radius 2 is 1.83 bits per heavy atom. The third-order valence-electron chi connectivity index (χ3n) is 5.41. The Labute approximate surface area is 173 Å². The van der Waals surface area contributed by atoms with Gasteiger partial charge in [-0.2, -0.15) is 0 Å². The van der Waals surface area contributed by atoms with Crippen molar-refractivity contribution in [1.82, 2.24) is 4.98 Å². The number of anilines is 1. The highest BCUT2D eigenvalue weighted by Gasteiger charge is 2.29. The molecular formula is C24H22N2O4. The maximum absolute atomic E-state index is 12.8. The number of hydrogen-bond acceptors (Lipinski definition) is 4. The highest BCUT2D eigenvalue weighted by atomic mass is 16.5. The van der Waals surface area contributed by atoms with Gasteiger partial charge in [-0.1, -0.05) is 24.3 Å². The van der Waals surface area contributed by atoms with E-state index in [1.54, 1.807) is 13.2 Å². The summed E-state index contributed by atoms with van der Waals surface area (Å²) in [5, 5.41) is 2.72. The average Bonchev–Trinajstić information content (AvgIpc) is 2.73. The van der Waals surface area contributed by atoms with Crippen LogP contribution in [-0.4, -0.2) is 23.8 Å². The van der Waals surface area contributed by atoms with Gasteiger partial charge in [-0.25, -0.2) is 0 Å². The topological polar surface area (TPSA) is 88.3 Å². The Bertz CT molecular complexity index is 1180. The van der Waals surface area contributed by atoms with Gasteiger partial charge in [0, 0.05) is 23.4 Å². The van der Waals surface area contributed by atoms with Crippen molar-refractivity contribution in [2.45, 2.75) is 25.7 Å². The van der Waals surface area contributed by atoms with Crippen LogP contribution in [0.5, 0.6) is 5.75 Å². The predicted molar refractivity (Wildman–Crippen MR) is 115 cm³/mol. The molecule has 0 spiro atoms. The number of carbonyl (C=O) groups is 2. The van der Waals surface area contributed by atoms with Crippen LogP contribution < -0.4 is 15.6 Å². The fourth-order valence-electron chi connectivity index (χ4n) is 3.83. The SMILES string of the molecule is COc1ccc([C@@H]2CC(=O)c3cc(C(=O)Nc4cccc(C)c4)c(=O)[nH]c3C2)cc1. The Hall–Kier alpha value is -3.67. The number of rotatable bonds is 4. The monoisotopic (exact) mass is 402 g/mol. The van der Waals surface area contributed by atoms with E-state index in [0.717, 1.165) is 16.9 Å². The fourth-order valence-corrected chi connectivity index (χ4v) is 3.83. The molecule has 1 amide bonds. The molecule has 4 rings (SSSR count). The van der Waals surface area contributed by atoms with Gasteiger partial charge in [-0.15, -0.1) is 0 Å². The van der Waals surface area contributed by atoms with Crippen LogP contribution in [0.15, 0.2) is 59.4 Å². The van der Waals surface area contributed by atoms with Gasteiger partial charge in [-0.3, -0.25) is 14.4 Å². The summed E-state index contributed by atoms with van der Waals surface area (Å²) < 4.78 is 5.18. The molecule has 0 unspecified atom stereocenters. The molecule has 1 heterocycles. The van der Waals surface area contributed by atoms with Crippen LogP contribution in [0.25, 0.3) is 0 Å². The molecule has 0 bridgehead atoms. The maximum Gasteiger partial charge on any atom is 0.261 e. The van der Waals surface area contributed by atoms with Crippen LogP contribution >= 0.6 is 0 Å². The van der Waals surface area contributed by atoms with Crippen molar-refractivity contribution in [3.05, 3.63) is 92.9 Å². The van der Waals surface area contributed by atoms with Crippen LogP contribution in [0.3, 0.4) is 0 Å². The number of Topliss-reactive ketones (excluding diaryl/α,β-unsaturated/α-hetero) is 1. The van der Waals surface area contributed by atoms with Crippen LogP contribution in [-0.2, 0) is 6.42 Å². The molecule has 2 aromatic carbocycles. The van der Waals surface area contributed by atoms with Gasteiger partial charge in [0.05, 0.1) is 7.11 Å². The summed E-state index contributed by atoms with van der Waals surface area (Å²) in [6.07, 6.45) is 0.854. The van der Waals surface area contributed by atoms with Gasteiger partial charge < -0.3 is 15.0 Å². The number of pyridine rings is 1. The number of H-pyrrole nitrogens is 1. The van der Waals surface area contributed by atoms with E-state index in [2.05, 4.69) is 10.3 Å². The smallest absolute Gasteiger partial charge is 0.261 e. The molecule has 152 valence electrons. The quantitative estimate of drug-likeness (QED) is 0.694. The number of methoxy groups -OCH3 is 1. The molecule has 0 aliphatic heterocycles. The van der Waals surface area contributed by atoms with Gasteiger partial charge in [0.2, 0.25) is 0 Å². The lowest BCUT2D eigenvalue weighted by Gasteiger charge is -2.24. The Morgan fingerprint density at radius 1 is 1.07 bits per heavy atom. The molecule has 0 radical (unpaired) electrons. The van der Waals surface area contributed by atoms with E-state index in [9.17, 15) is 14.4 Å². The number of ketones is 1. The summed E-state index contributed by atoms with van der Waals surface area (Å²) in [5.74, 6) is 0.102. The number of benzene rings is 2. The highest BCUT2D eigenvalue weighted by molar-refractivity contribution is 6.06. The minimum atomic E-state index is -0.533. The van der Waals surface area contributed by atoms with Crippen molar-refractivity contribution in [2.24, 2.45) is 0 Å². The lowest BCUT2D eigenvalue weighted by molar-refractivity contribution is 0.0963. The molecule has 0 saturated carbocycles. The molecule has 2 N–H and O–H groups in total. The normalized spacial score (nSPS) is 15.4. The van der Waals surface area contributed by atoms with Crippen LogP contribution in [0.4, 0.5) is 5.69 Å². The largest absolute Gasteiger partial charge is 0.497 e. The van der Waals surface area contributed by atoms with E-state index in [1.807, 2.05) is 49.4 Å². The Balaban J connectivity index is 1.60. The highest BCUT2D eigenvalue weighted by Crippen LogP contribution is 2.32. The molecule has 6 heteroatoms. The second-order valence-corrected chi connectivity index (χ2v) is 7.53. The van der Waals surface area contributed by atoms with E-state index < -0.39 is 11.5 Å². The van der Waals surface area contributed by atoms with E-state index in [4.69, 9.17) is 4.74 Å². The number of ether oxygens (including phenoxy) is 1. The number of carbonyl (C=O) groups excluding carboxylic acids is 2. The van der Waals surface area contributed by atoms with Crippen molar-refractivity contribution in [2.75, 3.05) is 12.4 Å². The van der Waals surface area contributed by atoms with Gasteiger partial charge in [-0.05, 0) is 60.7 Å². The van der Waals surface area contributed by atoms with E-state index >= 15 is 0 Å². The van der Waals surface area contributed by atoms with Crippen LogP contribution in [0.2, 0.25) is 0 Å². The lowest BCUT2D eigenvalue weighted by atomic mass is 9.81. The molecule has 6 nitrogen and oxygen atoms in total. The van der Waals surface area contributed by atoms with Gasteiger partial charge >= 0.3 is 0 Å². The number of aryl methyl sites for hydroxylation is 1. The minimum absolute atomic E-state index is 0.0291. The number of aromatic nitrogens is 1.